The molecule has 3 aromatic rings. The minimum absolute atomic E-state index is 0.0211. The zero-order valence-corrected chi connectivity index (χ0v) is 19.2. The molecule has 0 unspecified atom stereocenters. The molecule has 0 atom stereocenters. The summed E-state index contributed by atoms with van der Waals surface area (Å²) in [6.45, 7) is 3.85. The molecule has 0 saturated carbocycles. The number of halogens is 2. The number of piperidine rings is 1. The van der Waals surface area contributed by atoms with Crippen molar-refractivity contribution >= 4 is 11.7 Å². The number of amides is 1. The van der Waals surface area contributed by atoms with Gasteiger partial charge in [-0.15, -0.1) is 0 Å². The van der Waals surface area contributed by atoms with Gasteiger partial charge in [-0.2, -0.15) is 5.10 Å². The Labute approximate surface area is 196 Å². The van der Waals surface area contributed by atoms with Gasteiger partial charge in [0.05, 0.1) is 24.1 Å². The number of para-hydroxylation sites is 1. The number of benzene rings is 1. The second kappa shape index (κ2) is 9.00. The van der Waals surface area contributed by atoms with Crippen molar-refractivity contribution < 1.29 is 18.3 Å². The third kappa shape index (κ3) is 4.32. The molecule has 0 bridgehead atoms. The first-order valence-electron chi connectivity index (χ1n) is 11.4. The molecule has 2 aromatic heterocycles. The molecule has 34 heavy (non-hydrogen) atoms. The van der Waals surface area contributed by atoms with E-state index >= 15 is 0 Å². The van der Waals surface area contributed by atoms with Crippen LogP contribution in [0.15, 0.2) is 30.6 Å². The lowest BCUT2D eigenvalue weighted by atomic mass is 10.1. The summed E-state index contributed by atoms with van der Waals surface area (Å²) in [6, 6.07) is 3.72. The number of hydrogen-bond acceptors (Lipinski definition) is 6. The second-order valence-corrected chi connectivity index (χ2v) is 8.74. The van der Waals surface area contributed by atoms with E-state index in [0.717, 1.165) is 28.5 Å². The normalized spacial score (nSPS) is 16.5. The van der Waals surface area contributed by atoms with E-state index in [1.807, 2.05) is 13.2 Å². The summed E-state index contributed by atoms with van der Waals surface area (Å²) in [4.78, 5) is 25.7. The second-order valence-electron chi connectivity index (χ2n) is 8.74. The Balaban J connectivity index is 1.39. The third-order valence-corrected chi connectivity index (χ3v) is 6.36. The Morgan fingerprint density at radius 2 is 1.82 bits per heavy atom. The molecule has 1 fully saturated rings. The Hall–Kier alpha value is -3.56. The van der Waals surface area contributed by atoms with Gasteiger partial charge >= 0.3 is 0 Å². The molecule has 0 aliphatic carbocycles. The fourth-order valence-electron chi connectivity index (χ4n) is 4.50. The van der Waals surface area contributed by atoms with Crippen LogP contribution in [0.25, 0.3) is 11.3 Å². The molecule has 4 heterocycles. The molecule has 0 radical (unpaired) electrons. The summed E-state index contributed by atoms with van der Waals surface area (Å²) in [6.07, 6.45) is 5.19. The van der Waals surface area contributed by atoms with Gasteiger partial charge in [-0.3, -0.25) is 9.48 Å². The average Bonchev–Trinajstić information content (AvgIpc) is 3.27. The van der Waals surface area contributed by atoms with Crippen LogP contribution in [-0.4, -0.2) is 56.3 Å². The SMILES string of the molecule is CC(=O)N1CCc2nc(N3CCC(Oc4c(F)cccc4F)CC3)c(-c3cnn(C)c3)nc2C1. The van der Waals surface area contributed by atoms with E-state index in [-0.39, 0.29) is 17.8 Å². The highest BCUT2D eigenvalue weighted by molar-refractivity contribution is 5.74. The zero-order valence-electron chi connectivity index (χ0n) is 19.2. The summed E-state index contributed by atoms with van der Waals surface area (Å²) in [5.74, 6) is -0.921. The van der Waals surface area contributed by atoms with E-state index in [9.17, 15) is 13.6 Å². The minimum atomic E-state index is -0.693. The fraction of sp³-hybridized carbons (Fsp3) is 0.417. The first kappa shape index (κ1) is 22.2. The van der Waals surface area contributed by atoms with Gasteiger partial charge in [-0.1, -0.05) is 6.07 Å². The predicted octanol–water partition coefficient (Wildman–Crippen LogP) is 3.11. The van der Waals surface area contributed by atoms with Gasteiger partial charge in [0.2, 0.25) is 5.91 Å². The summed E-state index contributed by atoms with van der Waals surface area (Å²) in [5.41, 5.74) is 3.26. The van der Waals surface area contributed by atoms with Crippen molar-refractivity contribution in [2.24, 2.45) is 7.05 Å². The number of aryl methyl sites for hydroxylation is 1. The molecule has 5 rings (SSSR count). The highest BCUT2D eigenvalue weighted by atomic mass is 19.1. The van der Waals surface area contributed by atoms with Gasteiger partial charge in [-0.05, 0) is 12.1 Å². The molecule has 8 nitrogen and oxygen atoms in total. The van der Waals surface area contributed by atoms with E-state index in [1.54, 1.807) is 22.7 Å². The smallest absolute Gasteiger partial charge is 0.219 e. The molecule has 2 aliphatic heterocycles. The zero-order chi connectivity index (χ0) is 23.8. The van der Waals surface area contributed by atoms with Gasteiger partial charge < -0.3 is 14.5 Å². The lowest BCUT2D eigenvalue weighted by molar-refractivity contribution is -0.129. The van der Waals surface area contributed by atoms with Crippen molar-refractivity contribution in [2.75, 3.05) is 24.5 Å². The Morgan fingerprint density at radius 1 is 1.09 bits per heavy atom. The van der Waals surface area contributed by atoms with Gasteiger partial charge in [0.25, 0.3) is 0 Å². The van der Waals surface area contributed by atoms with Crippen LogP contribution in [-0.2, 0) is 24.8 Å². The van der Waals surface area contributed by atoms with Crippen LogP contribution in [0.1, 0.15) is 31.2 Å². The quantitative estimate of drug-likeness (QED) is 0.586. The molecule has 0 N–H and O–H groups in total. The number of anilines is 1. The minimum Gasteiger partial charge on any atom is -0.484 e. The molecular formula is C24H26F2N6O2. The largest absolute Gasteiger partial charge is 0.484 e. The molecular weight excluding hydrogens is 442 g/mol. The van der Waals surface area contributed by atoms with E-state index < -0.39 is 11.6 Å². The van der Waals surface area contributed by atoms with Crippen molar-refractivity contribution in [3.8, 4) is 17.0 Å². The van der Waals surface area contributed by atoms with Gasteiger partial charge in [0.1, 0.15) is 11.8 Å². The maximum Gasteiger partial charge on any atom is 0.219 e. The molecule has 178 valence electrons. The van der Waals surface area contributed by atoms with Crippen molar-refractivity contribution in [3.63, 3.8) is 0 Å². The summed E-state index contributed by atoms with van der Waals surface area (Å²) < 4.78 is 35.4. The number of ether oxygens (including phenoxy) is 1. The topological polar surface area (TPSA) is 76.4 Å². The van der Waals surface area contributed by atoms with E-state index in [2.05, 4.69) is 10.00 Å². The number of carbonyl (C=O) groups excluding carboxylic acids is 1. The molecule has 1 amide bonds. The van der Waals surface area contributed by atoms with Crippen LogP contribution in [0, 0.1) is 11.6 Å². The van der Waals surface area contributed by atoms with Crippen molar-refractivity contribution in [1.82, 2.24) is 24.6 Å². The first-order chi connectivity index (χ1) is 16.4. The van der Waals surface area contributed by atoms with Gasteiger partial charge in [0.15, 0.2) is 23.2 Å². The van der Waals surface area contributed by atoms with Crippen LogP contribution in [0.5, 0.6) is 5.75 Å². The number of carbonyl (C=O) groups is 1. The van der Waals surface area contributed by atoms with Crippen molar-refractivity contribution in [1.29, 1.82) is 0 Å². The predicted molar refractivity (Wildman–Crippen MR) is 121 cm³/mol. The molecule has 1 saturated heterocycles. The number of nitrogens with zero attached hydrogens (tertiary/aromatic N) is 6. The Kier molecular flexibility index (Phi) is 5.89. The highest BCUT2D eigenvalue weighted by Crippen LogP contribution is 2.33. The van der Waals surface area contributed by atoms with Crippen LogP contribution < -0.4 is 9.64 Å². The highest BCUT2D eigenvalue weighted by Gasteiger charge is 2.29. The Morgan fingerprint density at radius 3 is 2.47 bits per heavy atom. The van der Waals surface area contributed by atoms with Crippen LogP contribution in [0.3, 0.4) is 0 Å². The van der Waals surface area contributed by atoms with E-state index in [4.69, 9.17) is 14.7 Å². The van der Waals surface area contributed by atoms with E-state index in [0.29, 0.717) is 45.4 Å². The van der Waals surface area contributed by atoms with Gasteiger partial charge in [-0.25, -0.2) is 18.7 Å². The summed E-state index contributed by atoms with van der Waals surface area (Å²) in [5, 5.41) is 4.28. The van der Waals surface area contributed by atoms with Crippen LogP contribution in [0.2, 0.25) is 0 Å². The number of aromatic nitrogens is 4. The molecule has 1 aromatic carbocycles. The number of rotatable bonds is 4. The number of fused-ring (bicyclic) bond motifs is 1. The third-order valence-electron chi connectivity index (χ3n) is 6.36. The maximum atomic E-state index is 14.0. The standard InChI is InChI=1S/C24H26F2N6O2/c1-15(33)32-11-8-20-21(14-32)28-22(16-12-27-30(2)13-16)24(29-20)31-9-6-17(7-10-31)34-23-18(25)4-3-5-19(23)26/h3-5,12-13,17H,6-11,14H2,1-2H3. The fourth-order valence-corrected chi connectivity index (χ4v) is 4.50. The molecule has 10 heteroatoms. The number of hydrogen-bond donors (Lipinski definition) is 0. The van der Waals surface area contributed by atoms with Crippen molar-refractivity contribution in [3.05, 3.63) is 53.6 Å². The molecule has 2 aliphatic rings. The first-order valence-corrected chi connectivity index (χ1v) is 11.4. The lowest BCUT2D eigenvalue weighted by Gasteiger charge is -2.35. The average molecular weight is 469 g/mol. The Bertz CT molecular complexity index is 1200. The van der Waals surface area contributed by atoms with Crippen LogP contribution >= 0.6 is 0 Å². The van der Waals surface area contributed by atoms with E-state index in [1.165, 1.54) is 18.2 Å². The van der Waals surface area contributed by atoms with Crippen LogP contribution in [0.4, 0.5) is 14.6 Å². The summed E-state index contributed by atoms with van der Waals surface area (Å²) in [7, 11) is 1.84. The van der Waals surface area contributed by atoms with Crippen molar-refractivity contribution in [2.45, 2.75) is 38.8 Å². The maximum absolute atomic E-state index is 14.0. The van der Waals surface area contributed by atoms with Gasteiger partial charge in [0, 0.05) is 64.6 Å². The molecule has 0 spiro atoms. The summed E-state index contributed by atoms with van der Waals surface area (Å²) >= 11 is 0. The monoisotopic (exact) mass is 468 g/mol. The lowest BCUT2D eigenvalue weighted by Crippen LogP contribution is -2.40.